The van der Waals surface area contributed by atoms with E-state index >= 15 is 0 Å². The lowest BCUT2D eigenvalue weighted by Crippen LogP contribution is -2.58. The first-order valence-electron chi connectivity index (χ1n) is 11.6. The fourth-order valence-corrected chi connectivity index (χ4v) is 5.67. The van der Waals surface area contributed by atoms with E-state index in [1.54, 1.807) is 6.07 Å². The van der Waals surface area contributed by atoms with E-state index in [1.807, 2.05) is 30.3 Å². The van der Waals surface area contributed by atoms with Gasteiger partial charge in [-0.15, -0.1) is 0 Å². The summed E-state index contributed by atoms with van der Waals surface area (Å²) in [7, 11) is 0. The van der Waals surface area contributed by atoms with Crippen LogP contribution < -0.4 is 10.2 Å². The molecular formula is C25H29Cl2N5O. The number of anilines is 1. The van der Waals surface area contributed by atoms with Crippen LogP contribution in [0.1, 0.15) is 38.3 Å². The quantitative estimate of drug-likeness (QED) is 0.579. The topological polar surface area (TPSA) is 53.4 Å². The zero-order valence-electron chi connectivity index (χ0n) is 19.0. The van der Waals surface area contributed by atoms with Gasteiger partial charge < -0.3 is 19.7 Å². The summed E-state index contributed by atoms with van der Waals surface area (Å²) in [6.07, 6.45) is 3.86. The van der Waals surface area contributed by atoms with E-state index in [4.69, 9.17) is 23.2 Å². The molecule has 2 fully saturated rings. The van der Waals surface area contributed by atoms with Crippen LogP contribution in [-0.4, -0.2) is 58.6 Å². The number of carbonyl (C=O) groups excluding carboxylic acids is 1. The van der Waals surface area contributed by atoms with Gasteiger partial charge in [-0.1, -0.05) is 29.3 Å². The third-order valence-corrected chi connectivity index (χ3v) is 7.72. The Labute approximate surface area is 204 Å². The maximum atomic E-state index is 13.0. The second-order valence-corrected chi connectivity index (χ2v) is 10.2. The number of halogens is 2. The van der Waals surface area contributed by atoms with Crippen molar-refractivity contribution in [1.29, 1.82) is 0 Å². The number of hydrogen-bond donors (Lipinski definition) is 1. The summed E-state index contributed by atoms with van der Waals surface area (Å²) in [5.41, 5.74) is 3.77. The van der Waals surface area contributed by atoms with Crippen molar-refractivity contribution in [2.45, 2.75) is 38.3 Å². The molecule has 2 aliphatic heterocycles. The molecule has 3 heterocycles. The predicted molar refractivity (Wildman–Crippen MR) is 134 cm³/mol. The summed E-state index contributed by atoms with van der Waals surface area (Å²) in [6.45, 7) is 8.20. The molecule has 0 saturated carbocycles. The zero-order chi connectivity index (χ0) is 23.2. The summed E-state index contributed by atoms with van der Waals surface area (Å²) < 4.78 is 2.15. The summed E-state index contributed by atoms with van der Waals surface area (Å²) in [4.78, 5) is 22.0. The summed E-state index contributed by atoms with van der Waals surface area (Å²) in [5, 5.41) is 4.68. The predicted octanol–water partition coefficient (Wildman–Crippen LogP) is 4.74. The second-order valence-electron chi connectivity index (χ2n) is 9.31. The van der Waals surface area contributed by atoms with Gasteiger partial charge in [0.15, 0.2) is 0 Å². The van der Waals surface area contributed by atoms with E-state index in [1.165, 1.54) is 0 Å². The third-order valence-electron chi connectivity index (χ3n) is 7.16. The normalized spacial score (nSPS) is 22.2. The highest BCUT2D eigenvalue weighted by Gasteiger charge is 2.39. The van der Waals surface area contributed by atoms with Gasteiger partial charge in [-0.05, 0) is 69.1 Å². The average Bonchev–Trinajstić information content (AvgIpc) is 3.45. The highest BCUT2D eigenvalue weighted by Crippen LogP contribution is 2.32. The fraction of sp³-hybridized carbons (Fsp3) is 0.440. The number of rotatable bonds is 4. The zero-order valence-corrected chi connectivity index (χ0v) is 20.5. The van der Waals surface area contributed by atoms with Crippen molar-refractivity contribution in [2.75, 3.05) is 37.6 Å². The molecule has 5 rings (SSSR count). The van der Waals surface area contributed by atoms with Crippen LogP contribution >= 0.6 is 23.2 Å². The molecule has 2 saturated heterocycles. The molecule has 1 amide bonds. The number of amides is 1. The lowest BCUT2D eigenvalue weighted by molar-refractivity contribution is -0.137. The standard InChI is InChI=1S/C25H29Cl2N5O/c1-17(20-6-4-18(26)14-21(20)27)32-16-28-22-7-5-19(15-23(22)32)30-10-12-31(13-11-30)24(33)25(2)8-3-9-29-25/h4-7,14-17,29H,3,8-13H2,1-2H3. The Hall–Kier alpha value is -2.28. The van der Waals surface area contributed by atoms with Crippen molar-refractivity contribution >= 4 is 45.8 Å². The molecule has 174 valence electrons. The summed E-state index contributed by atoms with van der Waals surface area (Å²) in [5.74, 6) is 0.238. The Morgan fingerprint density at radius 3 is 2.61 bits per heavy atom. The van der Waals surface area contributed by atoms with E-state index < -0.39 is 5.54 Å². The van der Waals surface area contributed by atoms with Crippen LogP contribution in [0.4, 0.5) is 5.69 Å². The van der Waals surface area contributed by atoms with Gasteiger partial charge in [-0.3, -0.25) is 4.79 Å². The number of imidazole rings is 1. The number of nitrogens with zero attached hydrogens (tertiary/aromatic N) is 4. The average molecular weight is 486 g/mol. The van der Waals surface area contributed by atoms with E-state index in [-0.39, 0.29) is 11.9 Å². The Bertz CT molecular complexity index is 1180. The van der Waals surface area contributed by atoms with Gasteiger partial charge in [0, 0.05) is 41.9 Å². The van der Waals surface area contributed by atoms with Crippen LogP contribution in [0, 0.1) is 0 Å². The molecule has 2 atom stereocenters. The van der Waals surface area contributed by atoms with Crippen LogP contribution in [0.15, 0.2) is 42.7 Å². The molecule has 6 nitrogen and oxygen atoms in total. The van der Waals surface area contributed by atoms with E-state index in [2.05, 4.69) is 44.9 Å². The molecule has 33 heavy (non-hydrogen) atoms. The molecular weight excluding hydrogens is 457 g/mol. The Morgan fingerprint density at radius 2 is 1.91 bits per heavy atom. The van der Waals surface area contributed by atoms with Crippen molar-refractivity contribution in [2.24, 2.45) is 0 Å². The minimum Gasteiger partial charge on any atom is -0.368 e. The summed E-state index contributed by atoms with van der Waals surface area (Å²) >= 11 is 12.6. The van der Waals surface area contributed by atoms with Crippen LogP contribution in [0.25, 0.3) is 11.0 Å². The number of piperazine rings is 1. The highest BCUT2D eigenvalue weighted by atomic mass is 35.5. The first kappa shape index (κ1) is 22.5. The van der Waals surface area contributed by atoms with E-state index in [9.17, 15) is 4.79 Å². The minimum atomic E-state index is -0.396. The molecule has 0 aliphatic carbocycles. The molecule has 2 unspecified atom stereocenters. The Kier molecular flexibility index (Phi) is 6.02. The molecule has 0 radical (unpaired) electrons. The van der Waals surface area contributed by atoms with Crippen LogP contribution in [0.2, 0.25) is 10.0 Å². The Balaban J connectivity index is 1.34. The first-order chi connectivity index (χ1) is 15.9. The third kappa shape index (κ3) is 4.20. The van der Waals surface area contributed by atoms with Crippen molar-refractivity contribution in [1.82, 2.24) is 19.8 Å². The molecule has 2 aliphatic rings. The first-order valence-corrected chi connectivity index (χ1v) is 12.3. The van der Waals surface area contributed by atoms with Crippen LogP contribution in [-0.2, 0) is 4.79 Å². The van der Waals surface area contributed by atoms with Gasteiger partial charge in [-0.2, -0.15) is 0 Å². The fourth-order valence-electron chi connectivity index (χ4n) is 5.10. The maximum Gasteiger partial charge on any atom is 0.242 e. The largest absolute Gasteiger partial charge is 0.368 e. The van der Waals surface area contributed by atoms with Crippen LogP contribution in [0.3, 0.4) is 0 Å². The van der Waals surface area contributed by atoms with Crippen molar-refractivity contribution in [3.8, 4) is 0 Å². The molecule has 2 aromatic carbocycles. The number of benzene rings is 2. The minimum absolute atomic E-state index is 0.0177. The smallest absolute Gasteiger partial charge is 0.242 e. The van der Waals surface area contributed by atoms with Gasteiger partial charge in [0.05, 0.1) is 28.9 Å². The highest BCUT2D eigenvalue weighted by molar-refractivity contribution is 6.35. The number of nitrogens with one attached hydrogen (secondary N) is 1. The second kappa shape index (κ2) is 8.82. The van der Waals surface area contributed by atoms with Crippen molar-refractivity contribution in [3.63, 3.8) is 0 Å². The summed E-state index contributed by atoms with van der Waals surface area (Å²) in [6, 6.07) is 12.0. The van der Waals surface area contributed by atoms with Gasteiger partial charge >= 0.3 is 0 Å². The van der Waals surface area contributed by atoms with Crippen molar-refractivity contribution in [3.05, 3.63) is 58.3 Å². The molecule has 1 N–H and O–H groups in total. The molecule has 1 aromatic heterocycles. The van der Waals surface area contributed by atoms with Crippen LogP contribution in [0.5, 0.6) is 0 Å². The van der Waals surface area contributed by atoms with Gasteiger partial charge in [0.2, 0.25) is 5.91 Å². The number of hydrogen-bond acceptors (Lipinski definition) is 4. The van der Waals surface area contributed by atoms with E-state index in [0.717, 1.165) is 67.8 Å². The maximum absolute atomic E-state index is 13.0. The molecule has 0 bridgehead atoms. The molecule has 3 aromatic rings. The van der Waals surface area contributed by atoms with Gasteiger partial charge in [0.25, 0.3) is 0 Å². The lowest BCUT2D eigenvalue weighted by Gasteiger charge is -2.39. The lowest BCUT2D eigenvalue weighted by atomic mass is 9.98. The Morgan fingerprint density at radius 1 is 1.12 bits per heavy atom. The van der Waals surface area contributed by atoms with Crippen molar-refractivity contribution < 1.29 is 4.79 Å². The SMILES string of the molecule is CC(c1ccc(Cl)cc1Cl)n1cnc2ccc(N3CCN(C(=O)C4(C)CCCN4)CC3)cc21. The number of carbonyl (C=O) groups is 1. The molecule has 0 spiro atoms. The molecule has 8 heteroatoms. The van der Waals surface area contributed by atoms with E-state index in [0.29, 0.717) is 10.0 Å². The number of aromatic nitrogens is 2. The van der Waals surface area contributed by atoms with Gasteiger partial charge in [-0.25, -0.2) is 4.98 Å². The number of fused-ring (bicyclic) bond motifs is 1. The monoisotopic (exact) mass is 485 g/mol. The van der Waals surface area contributed by atoms with Gasteiger partial charge in [0.1, 0.15) is 0 Å².